The molecule has 122 valence electrons. The van der Waals surface area contributed by atoms with Crippen molar-refractivity contribution in [2.24, 2.45) is 5.41 Å². The van der Waals surface area contributed by atoms with Gasteiger partial charge in [-0.15, -0.1) is 0 Å². The van der Waals surface area contributed by atoms with Crippen LogP contribution in [-0.4, -0.2) is 52.8 Å². The maximum Gasteiger partial charge on any atom is 0.254 e. The molecule has 23 heavy (non-hydrogen) atoms. The Morgan fingerprint density at radius 1 is 1.00 bits per heavy atom. The van der Waals surface area contributed by atoms with Crippen molar-refractivity contribution in [1.29, 1.82) is 0 Å². The van der Waals surface area contributed by atoms with Crippen LogP contribution in [0.2, 0.25) is 0 Å². The summed E-state index contributed by atoms with van der Waals surface area (Å²) in [5.41, 5.74) is 1.29. The second kappa shape index (κ2) is 5.72. The predicted molar refractivity (Wildman–Crippen MR) is 90.2 cm³/mol. The molecule has 2 heterocycles. The minimum absolute atomic E-state index is 0.0318. The Labute approximate surface area is 136 Å². The molecule has 0 aliphatic carbocycles. The zero-order valence-corrected chi connectivity index (χ0v) is 13.9. The number of aromatic nitrogens is 1. The lowest BCUT2D eigenvalue weighted by Gasteiger charge is -2.37. The molecule has 0 saturated carbocycles. The van der Waals surface area contributed by atoms with E-state index in [2.05, 4.69) is 4.98 Å². The van der Waals surface area contributed by atoms with Crippen LogP contribution in [0.3, 0.4) is 0 Å². The summed E-state index contributed by atoms with van der Waals surface area (Å²) < 4.78 is 0. The van der Waals surface area contributed by atoms with Gasteiger partial charge < -0.3 is 14.8 Å². The van der Waals surface area contributed by atoms with Crippen molar-refractivity contribution >= 4 is 22.7 Å². The zero-order valence-electron chi connectivity index (χ0n) is 13.9. The second-order valence-corrected chi connectivity index (χ2v) is 7.11. The quantitative estimate of drug-likeness (QED) is 0.879. The SMILES string of the molecule is CC(C)(C)C(=O)N1CCN(C(=O)c2ccc3cc[nH]c3c2)CC1. The number of benzene rings is 1. The van der Waals surface area contributed by atoms with E-state index < -0.39 is 0 Å². The zero-order chi connectivity index (χ0) is 16.6. The van der Waals surface area contributed by atoms with Gasteiger partial charge in [-0.2, -0.15) is 0 Å². The number of nitrogens with zero attached hydrogens (tertiary/aromatic N) is 2. The summed E-state index contributed by atoms with van der Waals surface area (Å²) in [4.78, 5) is 31.8. The number of hydrogen-bond donors (Lipinski definition) is 1. The molecule has 2 aromatic rings. The van der Waals surface area contributed by atoms with E-state index in [9.17, 15) is 9.59 Å². The highest BCUT2D eigenvalue weighted by Crippen LogP contribution is 2.20. The molecule has 0 spiro atoms. The average molecular weight is 313 g/mol. The first-order chi connectivity index (χ1) is 10.9. The van der Waals surface area contributed by atoms with Crippen molar-refractivity contribution < 1.29 is 9.59 Å². The fraction of sp³-hybridized carbons (Fsp3) is 0.444. The predicted octanol–water partition coefficient (Wildman–Crippen LogP) is 2.50. The lowest BCUT2D eigenvalue weighted by atomic mass is 9.94. The third-order valence-corrected chi connectivity index (χ3v) is 4.30. The molecule has 0 bridgehead atoms. The number of aromatic amines is 1. The van der Waals surface area contributed by atoms with Gasteiger partial charge in [-0.3, -0.25) is 9.59 Å². The second-order valence-electron chi connectivity index (χ2n) is 7.11. The molecule has 1 N–H and O–H groups in total. The summed E-state index contributed by atoms with van der Waals surface area (Å²) in [7, 11) is 0. The van der Waals surface area contributed by atoms with Crippen LogP contribution < -0.4 is 0 Å². The van der Waals surface area contributed by atoms with Crippen LogP contribution in [0.25, 0.3) is 10.9 Å². The number of fused-ring (bicyclic) bond motifs is 1. The summed E-state index contributed by atoms with van der Waals surface area (Å²) in [6.45, 7) is 8.17. The summed E-state index contributed by atoms with van der Waals surface area (Å²) in [6, 6.07) is 7.70. The third kappa shape index (κ3) is 3.09. The first-order valence-electron chi connectivity index (χ1n) is 8.02. The highest BCUT2D eigenvalue weighted by molar-refractivity contribution is 5.98. The normalized spacial score (nSPS) is 16.0. The van der Waals surface area contributed by atoms with Gasteiger partial charge in [0.1, 0.15) is 0 Å². The Bertz CT molecular complexity index is 734. The maximum atomic E-state index is 12.6. The lowest BCUT2D eigenvalue weighted by Crippen LogP contribution is -2.53. The van der Waals surface area contributed by atoms with Gasteiger partial charge in [0, 0.05) is 48.9 Å². The molecule has 1 aliphatic rings. The summed E-state index contributed by atoms with van der Waals surface area (Å²) >= 11 is 0. The number of H-pyrrole nitrogens is 1. The first-order valence-corrected chi connectivity index (χ1v) is 8.02. The Hall–Kier alpha value is -2.30. The Kier molecular flexibility index (Phi) is 3.88. The van der Waals surface area contributed by atoms with Gasteiger partial charge in [-0.25, -0.2) is 0 Å². The standard InChI is InChI=1S/C18H23N3O2/c1-18(2,3)17(23)21-10-8-20(9-11-21)16(22)14-5-4-13-6-7-19-15(13)12-14/h4-7,12,19H,8-11H2,1-3H3. The van der Waals surface area contributed by atoms with E-state index in [1.165, 1.54) is 0 Å². The molecule has 0 atom stereocenters. The van der Waals surface area contributed by atoms with Crippen LogP contribution in [0.5, 0.6) is 0 Å². The van der Waals surface area contributed by atoms with Gasteiger partial charge >= 0.3 is 0 Å². The van der Waals surface area contributed by atoms with Crippen LogP contribution in [0, 0.1) is 5.41 Å². The molecule has 1 aromatic heterocycles. The van der Waals surface area contributed by atoms with E-state index in [-0.39, 0.29) is 17.2 Å². The number of rotatable bonds is 1. The summed E-state index contributed by atoms with van der Waals surface area (Å²) in [5.74, 6) is 0.182. The van der Waals surface area contributed by atoms with E-state index in [1.807, 2.05) is 61.0 Å². The molecular weight excluding hydrogens is 290 g/mol. The maximum absolute atomic E-state index is 12.6. The van der Waals surface area contributed by atoms with Gasteiger partial charge in [-0.05, 0) is 23.6 Å². The van der Waals surface area contributed by atoms with Crippen molar-refractivity contribution in [2.75, 3.05) is 26.2 Å². The van der Waals surface area contributed by atoms with Crippen molar-refractivity contribution in [1.82, 2.24) is 14.8 Å². The van der Waals surface area contributed by atoms with E-state index in [0.717, 1.165) is 10.9 Å². The van der Waals surface area contributed by atoms with E-state index in [1.54, 1.807) is 0 Å². The molecule has 2 amide bonds. The van der Waals surface area contributed by atoms with Crippen LogP contribution in [-0.2, 0) is 4.79 Å². The van der Waals surface area contributed by atoms with Gasteiger partial charge in [0.15, 0.2) is 0 Å². The fourth-order valence-electron chi connectivity index (χ4n) is 2.95. The average Bonchev–Trinajstić information content (AvgIpc) is 3.00. The smallest absolute Gasteiger partial charge is 0.254 e. The highest BCUT2D eigenvalue weighted by atomic mass is 16.2. The molecule has 5 heteroatoms. The molecule has 1 aliphatic heterocycles. The number of carbonyl (C=O) groups is 2. The van der Waals surface area contributed by atoms with Gasteiger partial charge in [-0.1, -0.05) is 26.8 Å². The van der Waals surface area contributed by atoms with E-state index >= 15 is 0 Å². The third-order valence-electron chi connectivity index (χ3n) is 4.30. The molecule has 1 aromatic carbocycles. The van der Waals surface area contributed by atoms with Crippen molar-refractivity contribution in [3.05, 3.63) is 36.0 Å². The van der Waals surface area contributed by atoms with Crippen LogP contribution in [0.4, 0.5) is 0 Å². The monoisotopic (exact) mass is 313 g/mol. The number of hydrogen-bond acceptors (Lipinski definition) is 2. The van der Waals surface area contributed by atoms with Gasteiger partial charge in [0.05, 0.1) is 0 Å². The molecule has 5 nitrogen and oxygen atoms in total. The molecule has 0 unspecified atom stereocenters. The lowest BCUT2D eigenvalue weighted by molar-refractivity contribution is -0.140. The highest BCUT2D eigenvalue weighted by Gasteiger charge is 2.31. The Morgan fingerprint density at radius 3 is 2.30 bits per heavy atom. The van der Waals surface area contributed by atoms with Crippen LogP contribution in [0.1, 0.15) is 31.1 Å². The number of piperazine rings is 1. The molecule has 3 rings (SSSR count). The minimum atomic E-state index is -0.370. The van der Waals surface area contributed by atoms with Crippen molar-refractivity contribution in [2.45, 2.75) is 20.8 Å². The molecule has 1 fully saturated rings. The van der Waals surface area contributed by atoms with E-state index in [4.69, 9.17) is 0 Å². The fourth-order valence-corrected chi connectivity index (χ4v) is 2.95. The molecule has 0 radical (unpaired) electrons. The number of amides is 2. The Morgan fingerprint density at radius 2 is 1.65 bits per heavy atom. The summed E-state index contributed by atoms with van der Waals surface area (Å²) in [6.07, 6.45) is 1.87. The van der Waals surface area contributed by atoms with Crippen LogP contribution >= 0.6 is 0 Å². The molecular formula is C18H23N3O2. The topological polar surface area (TPSA) is 56.4 Å². The van der Waals surface area contributed by atoms with Crippen LogP contribution in [0.15, 0.2) is 30.5 Å². The number of carbonyl (C=O) groups excluding carboxylic acids is 2. The van der Waals surface area contributed by atoms with Crippen molar-refractivity contribution in [3.8, 4) is 0 Å². The first kappa shape index (κ1) is 15.6. The largest absolute Gasteiger partial charge is 0.361 e. The van der Waals surface area contributed by atoms with Gasteiger partial charge in [0.2, 0.25) is 5.91 Å². The van der Waals surface area contributed by atoms with Crippen molar-refractivity contribution in [3.63, 3.8) is 0 Å². The Balaban J connectivity index is 1.67. The van der Waals surface area contributed by atoms with Gasteiger partial charge in [0.25, 0.3) is 5.91 Å². The summed E-state index contributed by atoms with van der Waals surface area (Å²) in [5, 5.41) is 1.10. The molecule has 1 saturated heterocycles. The van der Waals surface area contributed by atoms with E-state index in [0.29, 0.717) is 31.7 Å². The number of nitrogens with one attached hydrogen (secondary N) is 1. The minimum Gasteiger partial charge on any atom is -0.361 e.